The Hall–Kier alpha value is -1.18. The van der Waals surface area contributed by atoms with Crippen molar-refractivity contribution in [3.8, 4) is 0 Å². The van der Waals surface area contributed by atoms with E-state index in [2.05, 4.69) is 15.0 Å². The molecule has 1 aromatic rings. The van der Waals surface area contributed by atoms with Gasteiger partial charge in [0.2, 0.25) is 10.0 Å². The van der Waals surface area contributed by atoms with Crippen molar-refractivity contribution in [2.24, 2.45) is 0 Å². The molecule has 2 rings (SSSR count). The number of nitrogens with one attached hydrogen (secondary N) is 2. The maximum atomic E-state index is 12.3. The predicted octanol–water partition coefficient (Wildman–Crippen LogP) is 1.36. The first-order valence-corrected chi connectivity index (χ1v) is 8.41. The van der Waals surface area contributed by atoms with E-state index in [1.807, 2.05) is 6.92 Å². The minimum atomic E-state index is -3.57. The molecule has 1 aliphatic heterocycles. The van der Waals surface area contributed by atoms with Gasteiger partial charge in [0.1, 0.15) is 4.90 Å². The Morgan fingerprint density at radius 3 is 3.00 bits per heavy atom. The van der Waals surface area contributed by atoms with Crippen LogP contribution >= 0.6 is 0 Å². The molecule has 1 atom stereocenters. The Bertz CT molecular complexity index is 527. The van der Waals surface area contributed by atoms with Gasteiger partial charge >= 0.3 is 0 Å². The molecule has 0 radical (unpaired) electrons. The molecule has 0 spiro atoms. The summed E-state index contributed by atoms with van der Waals surface area (Å²) in [6.45, 7) is 3.59. The van der Waals surface area contributed by atoms with Gasteiger partial charge in [0.15, 0.2) is 0 Å². The molecule has 2 heterocycles. The number of rotatable bonds is 6. The average molecular weight is 299 g/mol. The smallest absolute Gasteiger partial charge is 0.244 e. The van der Waals surface area contributed by atoms with E-state index in [9.17, 15) is 8.42 Å². The van der Waals surface area contributed by atoms with E-state index in [-0.39, 0.29) is 11.0 Å². The SMILES string of the molecule is CCNc1ccncc1S(=O)(=O)NCC1CCCCO1. The van der Waals surface area contributed by atoms with Crippen LogP contribution in [0.1, 0.15) is 26.2 Å². The summed E-state index contributed by atoms with van der Waals surface area (Å²) in [7, 11) is -3.57. The van der Waals surface area contributed by atoms with Gasteiger partial charge in [0.25, 0.3) is 0 Å². The van der Waals surface area contributed by atoms with Gasteiger partial charge in [-0.15, -0.1) is 0 Å². The summed E-state index contributed by atoms with van der Waals surface area (Å²) in [6, 6.07) is 1.66. The lowest BCUT2D eigenvalue weighted by molar-refractivity contribution is 0.0200. The fourth-order valence-corrected chi connectivity index (χ4v) is 3.37. The lowest BCUT2D eigenvalue weighted by Gasteiger charge is -2.23. The van der Waals surface area contributed by atoms with Gasteiger partial charge in [-0.2, -0.15) is 0 Å². The molecular weight excluding hydrogens is 278 g/mol. The Balaban J connectivity index is 2.05. The van der Waals surface area contributed by atoms with Crippen molar-refractivity contribution in [1.29, 1.82) is 0 Å². The first-order valence-electron chi connectivity index (χ1n) is 6.92. The molecule has 7 heteroatoms. The van der Waals surface area contributed by atoms with Crippen LogP contribution in [0.15, 0.2) is 23.4 Å². The summed E-state index contributed by atoms with van der Waals surface area (Å²) in [4.78, 5) is 4.08. The number of hydrogen-bond acceptors (Lipinski definition) is 5. The Morgan fingerprint density at radius 1 is 1.45 bits per heavy atom. The first kappa shape index (κ1) is 15.2. The molecule has 2 N–H and O–H groups in total. The minimum Gasteiger partial charge on any atom is -0.384 e. The van der Waals surface area contributed by atoms with Crippen LogP contribution in [-0.2, 0) is 14.8 Å². The third-order valence-electron chi connectivity index (χ3n) is 3.22. The molecule has 0 aromatic carbocycles. The normalized spacial score (nSPS) is 19.8. The minimum absolute atomic E-state index is 0.0298. The second-order valence-electron chi connectivity index (χ2n) is 4.74. The van der Waals surface area contributed by atoms with Crippen LogP contribution in [0.3, 0.4) is 0 Å². The van der Waals surface area contributed by atoms with E-state index in [1.165, 1.54) is 6.20 Å². The number of hydrogen-bond donors (Lipinski definition) is 2. The van der Waals surface area contributed by atoms with Crippen LogP contribution in [0.5, 0.6) is 0 Å². The number of ether oxygens (including phenoxy) is 1. The number of pyridine rings is 1. The monoisotopic (exact) mass is 299 g/mol. The van der Waals surface area contributed by atoms with E-state index in [0.717, 1.165) is 19.3 Å². The summed E-state index contributed by atoms with van der Waals surface area (Å²) >= 11 is 0. The zero-order valence-electron chi connectivity index (χ0n) is 11.6. The Labute approximate surface area is 120 Å². The third kappa shape index (κ3) is 3.91. The van der Waals surface area contributed by atoms with E-state index in [0.29, 0.717) is 25.4 Å². The Morgan fingerprint density at radius 2 is 2.30 bits per heavy atom. The summed E-state index contributed by atoms with van der Waals surface area (Å²) in [6.07, 6.45) is 5.94. The van der Waals surface area contributed by atoms with E-state index in [4.69, 9.17) is 4.74 Å². The third-order valence-corrected chi connectivity index (χ3v) is 4.67. The Kier molecular flexibility index (Phi) is 5.33. The van der Waals surface area contributed by atoms with Crippen molar-refractivity contribution >= 4 is 15.7 Å². The van der Waals surface area contributed by atoms with Crippen LogP contribution in [0.4, 0.5) is 5.69 Å². The topological polar surface area (TPSA) is 80.3 Å². The zero-order valence-corrected chi connectivity index (χ0v) is 12.4. The van der Waals surface area contributed by atoms with Crippen molar-refractivity contribution in [3.05, 3.63) is 18.5 Å². The molecule has 0 aliphatic carbocycles. The molecule has 1 fully saturated rings. The van der Waals surface area contributed by atoms with Crippen LogP contribution in [0, 0.1) is 0 Å². The highest BCUT2D eigenvalue weighted by molar-refractivity contribution is 7.89. The van der Waals surface area contributed by atoms with Crippen molar-refractivity contribution in [1.82, 2.24) is 9.71 Å². The molecule has 20 heavy (non-hydrogen) atoms. The van der Waals surface area contributed by atoms with E-state index in [1.54, 1.807) is 12.3 Å². The van der Waals surface area contributed by atoms with Crippen LogP contribution in [0.25, 0.3) is 0 Å². The summed E-state index contributed by atoms with van der Waals surface area (Å²) in [5.41, 5.74) is 0.569. The first-order chi connectivity index (χ1) is 9.63. The van der Waals surface area contributed by atoms with Gasteiger partial charge in [0, 0.05) is 32.1 Å². The lowest BCUT2D eigenvalue weighted by Crippen LogP contribution is -2.35. The fraction of sp³-hybridized carbons (Fsp3) is 0.615. The van der Waals surface area contributed by atoms with Crippen LogP contribution in [0.2, 0.25) is 0 Å². The highest BCUT2D eigenvalue weighted by Crippen LogP contribution is 2.19. The van der Waals surface area contributed by atoms with Gasteiger partial charge in [-0.3, -0.25) is 4.98 Å². The second-order valence-corrected chi connectivity index (χ2v) is 6.48. The van der Waals surface area contributed by atoms with Gasteiger partial charge in [-0.1, -0.05) is 0 Å². The molecule has 1 aromatic heterocycles. The maximum absolute atomic E-state index is 12.3. The van der Waals surface area contributed by atoms with Gasteiger partial charge in [-0.05, 0) is 32.3 Å². The molecule has 1 aliphatic rings. The highest BCUT2D eigenvalue weighted by Gasteiger charge is 2.21. The fourth-order valence-electron chi connectivity index (χ4n) is 2.18. The van der Waals surface area contributed by atoms with Crippen molar-refractivity contribution < 1.29 is 13.2 Å². The largest absolute Gasteiger partial charge is 0.384 e. The quantitative estimate of drug-likeness (QED) is 0.829. The van der Waals surface area contributed by atoms with Gasteiger partial charge in [0.05, 0.1) is 11.8 Å². The van der Waals surface area contributed by atoms with Gasteiger partial charge in [-0.25, -0.2) is 13.1 Å². The zero-order chi connectivity index (χ0) is 14.4. The van der Waals surface area contributed by atoms with Crippen molar-refractivity contribution in [2.75, 3.05) is 25.0 Å². The number of anilines is 1. The summed E-state index contributed by atoms with van der Waals surface area (Å²) in [5, 5.41) is 3.03. The molecule has 6 nitrogen and oxygen atoms in total. The number of nitrogens with zero attached hydrogens (tertiary/aromatic N) is 1. The van der Waals surface area contributed by atoms with E-state index >= 15 is 0 Å². The number of sulfonamides is 1. The maximum Gasteiger partial charge on any atom is 0.244 e. The molecule has 0 amide bonds. The van der Waals surface area contributed by atoms with E-state index < -0.39 is 10.0 Å². The highest BCUT2D eigenvalue weighted by atomic mass is 32.2. The van der Waals surface area contributed by atoms with Crippen LogP contribution in [-0.4, -0.2) is 39.2 Å². The molecule has 0 bridgehead atoms. The lowest BCUT2D eigenvalue weighted by atomic mass is 10.1. The predicted molar refractivity (Wildman–Crippen MR) is 77.2 cm³/mol. The standard InChI is InChI=1S/C13H21N3O3S/c1-2-15-12-6-7-14-10-13(12)20(17,18)16-9-11-5-3-4-8-19-11/h6-7,10-11,16H,2-5,8-9H2,1H3,(H,14,15). The average Bonchev–Trinajstić information content (AvgIpc) is 2.47. The molecule has 1 unspecified atom stereocenters. The second kappa shape index (κ2) is 7.01. The van der Waals surface area contributed by atoms with Crippen molar-refractivity contribution in [2.45, 2.75) is 37.2 Å². The molecular formula is C13H21N3O3S. The molecule has 1 saturated heterocycles. The van der Waals surface area contributed by atoms with Gasteiger partial charge < -0.3 is 10.1 Å². The van der Waals surface area contributed by atoms with Crippen molar-refractivity contribution in [3.63, 3.8) is 0 Å². The molecule has 112 valence electrons. The summed E-state index contributed by atoms with van der Waals surface area (Å²) in [5.74, 6) is 0. The van der Waals surface area contributed by atoms with Crippen LogP contribution < -0.4 is 10.0 Å². The molecule has 0 saturated carbocycles. The summed E-state index contributed by atoms with van der Waals surface area (Å²) < 4.78 is 32.8. The number of aromatic nitrogens is 1.